The Kier molecular flexibility index (Phi) is 8.65. The molecule has 0 aliphatic carbocycles. The van der Waals surface area contributed by atoms with Gasteiger partial charge in [0.25, 0.3) is 5.91 Å². The summed E-state index contributed by atoms with van der Waals surface area (Å²) in [5.74, 6) is 0.590. The van der Waals surface area contributed by atoms with Crippen LogP contribution in [-0.4, -0.2) is 18.7 Å². The van der Waals surface area contributed by atoms with Gasteiger partial charge in [-0.15, -0.1) is 0 Å². The summed E-state index contributed by atoms with van der Waals surface area (Å²) in [5.41, 5.74) is 5.36. The van der Waals surface area contributed by atoms with Crippen molar-refractivity contribution in [1.29, 1.82) is 0 Å². The molecule has 0 fully saturated rings. The second kappa shape index (κ2) is 12.5. The number of ether oxygens (including phenoxy) is 2. The zero-order valence-corrected chi connectivity index (χ0v) is 20.2. The number of hydrazone groups is 1. The monoisotopic (exact) mass is 484 g/mol. The molecule has 6 heteroatoms. The van der Waals surface area contributed by atoms with Crippen LogP contribution in [-0.2, 0) is 17.8 Å². The minimum atomic E-state index is -0.365. The van der Waals surface area contributed by atoms with E-state index >= 15 is 0 Å². The fourth-order valence-corrected chi connectivity index (χ4v) is 3.76. The molecule has 5 nitrogen and oxygen atoms in total. The molecule has 184 valence electrons. The average Bonchev–Trinajstić information content (AvgIpc) is 2.91. The number of nitrogens with zero attached hydrogens (tertiary/aromatic N) is 1. The number of unbranched alkanes of at least 4 members (excludes halogenated alkanes) is 1. The lowest BCUT2D eigenvalue weighted by molar-refractivity contribution is -0.123. The number of aryl methyl sites for hydroxylation is 1. The smallest absolute Gasteiger partial charge is 0.277 e. The molecule has 4 aromatic carbocycles. The van der Waals surface area contributed by atoms with Crippen LogP contribution in [0.1, 0.15) is 36.5 Å². The summed E-state index contributed by atoms with van der Waals surface area (Å²) >= 11 is 0. The Balaban J connectivity index is 1.39. The molecule has 1 N–H and O–H groups in total. The minimum absolute atomic E-state index is 0.144. The number of benzene rings is 4. The van der Waals surface area contributed by atoms with Crippen LogP contribution < -0.4 is 14.9 Å². The van der Waals surface area contributed by atoms with Crippen molar-refractivity contribution in [2.24, 2.45) is 5.10 Å². The second-order valence-corrected chi connectivity index (χ2v) is 8.44. The van der Waals surface area contributed by atoms with Gasteiger partial charge in [-0.2, -0.15) is 5.10 Å². The highest BCUT2D eigenvalue weighted by Crippen LogP contribution is 2.27. The molecule has 0 atom stereocenters. The summed E-state index contributed by atoms with van der Waals surface area (Å²) in [6.07, 6.45) is 4.91. The van der Waals surface area contributed by atoms with E-state index in [0.29, 0.717) is 11.5 Å². The SMILES string of the molecule is CCCCc1ccc(OCC(=O)N/N=C\c2c(OCc3ccc(F)cc3)ccc3ccccc23)cc1. The number of hydrogen-bond donors (Lipinski definition) is 1. The lowest BCUT2D eigenvalue weighted by atomic mass is 10.0. The van der Waals surface area contributed by atoms with Crippen molar-refractivity contribution in [3.63, 3.8) is 0 Å². The van der Waals surface area contributed by atoms with Gasteiger partial charge in [0.1, 0.15) is 23.9 Å². The number of hydrogen-bond acceptors (Lipinski definition) is 4. The Bertz CT molecular complexity index is 1320. The fourth-order valence-electron chi connectivity index (χ4n) is 3.76. The third kappa shape index (κ3) is 6.92. The van der Waals surface area contributed by atoms with Crippen molar-refractivity contribution in [3.05, 3.63) is 107 Å². The second-order valence-electron chi connectivity index (χ2n) is 8.44. The standard InChI is InChI=1S/C30H29FN2O3/c1-2-3-6-22-11-16-26(17-12-22)35-21-30(34)33-32-19-28-27-8-5-4-7-24(27)13-18-29(28)36-20-23-9-14-25(31)15-10-23/h4-5,7-19H,2-3,6,20-21H2,1H3,(H,33,34)/b32-19-. The first-order valence-electron chi connectivity index (χ1n) is 12.0. The molecular weight excluding hydrogens is 455 g/mol. The molecule has 0 spiro atoms. The number of fused-ring (bicyclic) bond motifs is 1. The topological polar surface area (TPSA) is 59.9 Å². The zero-order chi connectivity index (χ0) is 25.2. The highest BCUT2D eigenvalue weighted by atomic mass is 19.1. The van der Waals surface area contributed by atoms with Gasteiger partial charge in [0.15, 0.2) is 6.61 Å². The van der Waals surface area contributed by atoms with Crippen molar-refractivity contribution in [2.75, 3.05) is 6.61 Å². The van der Waals surface area contributed by atoms with Crippen molar-refractivity contribution >= 4 is 22.9 Å². The van der Waals surface area contributed by atoms with Crippen molar-refractivity contribution in [2.45, 2.75) is 32.8 Å². The highest BCUT2D eigenvalue weighted by Gasteiger charge is 2.09. The maximum atomic E-state index is 13.2. The highest BCUT2D eigenvalue weighted by molar-refractivity contribution is 6.02. The van der Waals surface area contributed by atoms with Crippen LogP contribution >= 0.6 is 0 Å². The molecule has 0 saturated carbocycles. The first-order chi connectivity index (χ1) is 17.6. The summed E-state index contributed by atoms with van der Waals surface area (Å²) in [7, 11) is 0. The van der Waals surface area contributed by atoms with E-state index in [0.717, 1.165) is 41.2 Å². The molecule has 0 heterocycles. The van der Waals surface area contributed by atoms with E-state index in [1.165, 1.54) is 17.7 Å². The number of nitrogens with one attached hydrogen (secondary N) is 1. The quantitative estimate of drug-likeness (QED) is 0.197. The van der Waals surface area contributed by atoms with E-state index < -0.39 is 0 Å². The lowest BCUT2D eigenvalue weighted by Crippen LogP contribution is -2.24. The first-order valence-corrected chi connectivity index (χ1v) is 12.0. The Labute approximate surface area is 210 Å². The van der Waals surface area contributed by atoms with Gasteiger partial charge in [-0.1, -0.05) is 67.9 Å². The molecule has 4 rings (SSSR count). The van der Waals surface area contributed by atoms with Crippen LogP contribution in [0.5, 0.6) is 11.5 Å². The third-order valence-electron chi connectivity index (χ3n) is 5.73. The van der Waals surface area contributed by atoms with Gasteiger partial charge in [0.2, 0.25) is 0 Å². The lowest BCUT2D eigenvalue weighted by Gasteiger charge is -2.12. The maximum absolute atomic E-state index is 13.2. The van der Waals surface area contributed by atoms with Crippen LogP contribution in [0.15, 0.2) is 90.0 Å². The van der Waals surface area contributed by atoms with Crippen LogP contribution in [0.3, 0.4) is 0 Å². The van der Waals surface area contributed by atoms with Crippen LogP contribution in [0, 0.1) is 5.82 Å². The maximum Gasteiger partial charge on any atom is 0.277 e. The van der Waals surface area contributed by atoms with Gasteiger partial charge in [0, 0.05) is 5.56 Å². The summed E-state index contributed by atoms with van der Waals surface area (Å²) < 4.78 is 24.8. The van der Waals surface area contributed by atoms with Crippen LogP contribution in [0.25, 0.3) is 10.8 Å². The van der Waals surface area contributed by atoms with Gasteiger partial charge >= 0.3 is 0 Å². The number of carbonyl (C=O) groups is 1. The van der Waals surface area contributed by atoms with E-state index in [1.54, 1.807) is 18.3 Å². The van der Waals surface area contributed by atoms with E-state index in [2.05, 4.69) is 17.5 Å². The largest absolute Gasteiger partial charge is 0.488 e. The van der Waals surface area contributed by atoms with E-state index in [1.807, 2.05) is 60.7 Å². The van der Waals surface area contributed by atoms with Gasteiger partial charge in [-0.25, -0.2) is 9.82 Å². The summed E-state index contributed by atoms with van der Waals surface area (Å²) in [6.45, 7) is 2.30. The van der Waals surface area contributed by atoms with Gasteiger partial charge in [0.05, 0.1) is 6.21 Å². The fraction of sp³-hybridized carbons (Fsp3) is 0.200. The Morgan fingerprint density at radius 3 is 2.44 bits per heavy atom. The van der Waals surface area contributed by atoms with Gasteiger partial charge in [-0.05, 0) is 65.1 Å². The Morgan fingerprint density at radius 1 is 0.917 bits per heavy atom. The molecule has 1 amide bonds. The molecule has 4 aromatic rings. The molecule has 0 saturated heterocycles. The predicted octanol–water partition coefficient (Wildman–Crippen LogP) is 6.43. The molecule has 0 aliphatic heterocycles. The minimum Gasteiger partial charge on any atom is -0.488 e. The van der Waals surface area contributed by atoms with Crippen LogP contribution in [0.4, 0.5) is 4.39 Å². The summed E-state index contributed by atoms with van der Waals surface area (Å²) in [6, 6.07) is 25.7. The van der Waals surface area contributed by atoms with E-state index in [4.69, 9.17) is 9.47 Å². The van der Waals surface area contributed by atoms with Crippen molar-refractivity contribution in [1.82, 2.24) is 5.43 Å². The molecule has 36 heavy (non-hydrogen) atoms. The normalized spacial score (nSPS) is 11.1. The third-order valence-corrected chi connectivity index (χ3v) is 5.73. The predicted molar refractivity (Wildman–Crippen MR) is 141 cm³/mol. The van der Waals surface area contributed by atoms with E-state index in [-0.39, 0.29) is 24.9 Å². The average molecular weight is 485 g/mol. The van der Waals surface area contributed by atoms with Gasteiger partial charge < -0.3 is 9.47 Å². The van der Waals surface area contributed by atoms with Gasteiger partial charge in [-0.3, -0.25) is 4.79 Å². The first kappa shape index (κ1) is 24.9. The number of rotatable bonds is 11. The molecule has 0 unspecified atom stereocenters. The van der Waals surface area contributed by atoms with Crippen molar-refractivity contribution in [3.8, 4) is 11.5 Å². The molecular formula is C30H29FN2O3. The van der Waals surface area contributed by atoms with Crippen molar-refractivity contribution < 1.29 is 18.7 Å². The number of carbonyl (C=O) groups excluding carboxylic acids is 1. The van der Waals surface area contributed by atoms with E-state index in [9.17, 15) is 9.18 Å². The zero-order valence-electron chi connectivity index (χ0n) is 20.2. The molecule has 0 radical (unpaired) electrons. The molecule has 0 aliphatic rings. The summed E-state index contributed by atoms with van der Waals surface area (Å²) in [5, 5.41) is 6.10. The summed E-state index contributed by atoms with van der Waals surface area (Å²) in [4.78, 5) is 12.3. The number of amides is 1. The Hall–Kier alpha value is -4.19. The molecule has 0 aromatic heterocycles. The number of halogens is 1. The van der Waals surface area contributed by atoms with Crippen LogP contribution in [0.2, 0.25) is 0 Å². The Morgan fingerprint density at radius 2 is 1.67 bits per heavy atom. The molecule has 0 bridgehead atoms.